The van der Waals surface area contributed by atoms with Crippen LogP contribution in [0.15, 0.2) is 6.07 Å². The van der Waals surface area contributed by atoms with Crippen LogP contribution in [-0.2, 0) is 6.42 Å². The second-order valence-corrected chi connectivity index (χ2v) is 6.04. The molecule has 1 aromatic rings. The van der Waals surface area contributed by atoms with Crippen LogP contribution in [-0.4, -0.2) is 19.4 Å². The van der Waals surface area contributed by atoms with Crippen molar-refractivity contribution in [3.8, 4) is 11.5 Å². The smallest absolute Gasteiger partial charge is 0.231 e. The van der Waals surface area contributed by atoms with E-state index in [0.717, 1.165) is 29.5 Å². The summed E-state index contributed by atoms with van der Waals surface area (Å²) in [5, 5.41) is 4.34. The molecule has 1 unspecified atom stereocenters. The molecule has 4 heteroatoms. The molecule has 1 atom stereocenters. The third-order valence-electron chi connectivity index (χ3n) is 3.95. The minimum absolute atomic E-state index is 0.302. The van der Waals surface area contributed by atoms with Gasteiger partial charge in [-0.3, -0.25) is 0 Å². The third kappa shape index (κ3) is 2.41. The Morgan fingerprint density at radius 2 is 2.26 bits per heavy atom. The first-order chi connectivity index (χ1) is 9.16. The minimum atomic E-state index is 0.302. The van der Waals surface area contributed by atoms with Gasteiger partial charge in [-0.2, -0.15) is 0 Å². The predicted octanol–water partition coefficient (Wildman–Crippen LogP) is 3.49. The summed E-state index contributed by atoms with van der Waals surface area (Å²) in [5.74, 6) is 2.06. The predicted molar refractivity (Wildman–Crippen MR) is 76.4 cm³/mol. The highest BCUT2D eigenvalue weighted by atomic mass is 35.5. The summed E-state index contributed by atoms with van der Waals surface area (Å²) in [6, 6.07) is 2.44. The molecule has 19 heavy (non-hydrogen) atoms. The molecule has 1 aromatic carbocycles. The Balaban J connectivity index is 2.01. The summed E-state index contributed by atoms with van der Waals surface area (Å²) in [6.07, 6.45) is 3.45. The van der Waals surface area contributed by atoms with E-state index >= 15 is 0 Å². The molecule has 1 fully saturated rings. The molecule has 2 aliphatic rings. The molecule has 2 aliphatic heterocycles. The highest BCUT2D eigenvalue weighted by molar-refractivity contribution is 6.31. The molecule has 0 saturated carbocycles. The lowest BCUT2D eigenvalue weighted by Gasteiger charge is -2.20. The second-order valence-electron chi connectivity index (χ2n) is 5.64. The molecule has 0 bridgehead atoms. The van der Waals surface area contributed by atoms with Crippen molar-refractivity contribution in [2.45, 2.75) is 45.1 Å². The summed E-state index contributed by atoms with van der Waals surface area (Å²) in [4.78, 5) is 0. The van der Waals surface area contributed by atoms with E-state index in [1.165, 1.54) is 24.0 Å². The number of halogens is 1. The van der Waals surface area contributed by atoms with E-state index in [1.807, 2.05) is 6.07 Å². The van der Waals surface area contributed by atoms with Crippen molar-refractivity contribution in [3.63, 3.8) is 0 Å². The zero-order valence-corrected chi connectivity index (χ0v) is 12.2. The van der Waals surface area contributed by atoms with Crippen LogP contribution in [0.1, 0.15) is 43.7 Å². The zero-order chi connectivity index (χ0) is 13.4. The van der Waals surface area contributed by atoms with Crippen LogP contribution in [0.3, 0.4) is 0 Å². The zero-order valence-electron chi connectivity index (χ0n) is 11.5. The maximum Gasteiger partial charge on any atom is 0.231 e. The monoisotopic (exact) mass is 281 g/mol. The maximum absolute atomic E-state index is 6.47. The van der Waals surface area contributed by atoms with Gasteiger partial charge in [0, 0.05) is 22.7 Å². The fourth-order valence-corrected chi connectivity index (χ4v) is 3.35. The van der Waals surface area contributed by atoms with Gasteiger partial charge in [-0.1, -0.05) is 25.4 Å². The number of benzene rings is 1. The van der Waals surface area contributed by atoms with Crippen molar-refractivity contribution in [2.75, 3.05) is 13.3 Å². The lowest BCUT2D eigenvalue weighted by molar-refractivity contribution is 0.173. The Labute approximate surface area is 119 Å². The van der Waals surface area contributed by atoms with Gasteiger partial charge in [-0.15, -0.1) is 0 Å². The number of nitrogens with one attached hydrogen (secondary N) is 1. The number of hydrogen-bond donors (Lipinski definition) is 1. The molecule has 0 radical (unpaired) electrons. The summed E-state index contributed by atoms with van der Waals surface area (Å²) in [6.45, 7) is 5.78. The Hall–Kier alpha value is -0.930. The van der Waals surface area contributed by atoms with Crippen LogP contribution < -0.4 is 14.8 Å². The van der Waals surface area contributed by atoms with Gasteiger partial charge < -0.3 is 14.8 Å². The molecule has 1 saturated heterocycles. The van der Waals surface area contributed by atoms with Gasteiger partial charge in [0.1, 0.15) is 0 Å². The summed E-state index contributed by atoms with van der Waals surface area (Å²) < 4.78 is 11.1. The number of hydrogen-bond acceptors (Lipinski definition) is 3. The molecule has 3 rings (SSSR count). The summed E-state index contributed by atoms with van der Waals surface area (Å²) in [7, 11) is 0. The van der Waals surface area contributed by atoms with Gasteiger partial charge in [0.2, 0.25) is 6.79 Å². The van der Waals surface area contributed by atoms with Crippen LogP contribution >= 0.6 is 11.6 Å². The fraction of sp³-hybridized carbons (Fsp3) is 0.600. The lowest BCUT2D eigenvalue weighted by Crippen LogP contribution is -2.24. The standard InChI is InChI=1S/C15H20ClNO2/c1-9(2)14-11(6-10-4-3-5-17-10)12(16)7-13-15(14)19-8-18-13/h7,9-10,17H,3-6,8H2,1-2H3. The molecule has 0 spiro atoms. The van der Waals surface area contributed by atoms with Gasteiger partial charge in [0.15, 0.2) is 11.5 Å². The number of rotatable bonds is 3. The first kappa shape index (κ1) is 13.1. The van der Waals surface area contributed by atoms with Crippen molar-refractivity contribution in [1.82, 2.24) is 5.32 Å². The summed E-state index contributed by atoms with van der Waals surface area (Å²) >= 11 is 6.47. The first-order valence-electron chi connectivity index (χ1n) is 7.01. The van der Waals surface area contributed by atoms with E-state index in [0.29, 0.717) is 18.8 Å². The van der Waals surface area contributed by atoms with E-state index in [-0.39, 0.29) is 0 Å². The largest absolute Gasteiger partial charge is 0.454 e. The molecule has 0 aliphatic carbocycles. The Morgan fingerprint density at radius 1 is 1.42 bits per heavy atom. The quantitative estimate of drug-likeness (QED) is 0.920. The average molecular weight is 282 g/mol. The molecule has 1 N–H and O–H groups in total. The Morgan fingerprint density at radius 3 is 2.95 bits per heavy atom. The van der Waals surface area contributed by atoms with Crippen molar-refractivity contribution < 1.29 is 9.47 Å². The molecule has 3 nitrogen and oxygen atoms in total. The normalized spacial score (nSPS) is 21.4. The van der Waals surface area contributed by atoms with Gasteiger partial charge in [-0.25, -0.2) is 0 Å². The Kier molecular flexibility index (Phi) is 3.59. The van der Waals surface area contributed by atoms with Gasteiger partial charge in [0.25, 0.3) is 0 Å². The van der Waals surface area contributed by atoms with E-state index in [2.05, 4.69) is 19.2 Å². The SMILES string of the molecule is CC(C)c1c(CC2CCCN2)c(Cl)cc2c1OCO2. The average Bonchev–Trinajstić information content (AvgIpc) is 3.00. The highest BCUT2D eigenvalue weighted by Crippen LogP contribution is 2.45. The second kappa shape index (κ2) is 5.22. The van der Waals surface area contributed by atoms with Gasteiger partial charge in [-0.05, 0) is 37.3 Å². The van der Waals surface area contributed by atoms with Crippen molar-refractivity contribution >= 4 is 11.6 Å². The maximum atomic E-state index is 6.47. The number of fused-ring (bicyclic) bond motifs is 1. The third-order valence-corrected chi connectivity index (χ3v) is 4.28. The van der Waals surface area contributed by atoms with Gasteiger partial charge in [0.05, 0.1) is 0 Å². The van der Waals surface area contributed by atoms with E-state index in [1.54, 1.807) is 0 Å². The van der Waals surface area contributed by atoms with Crippen molar-refractivity contribution in [1.29, 1.82) is 0 Å². The van der Waals surface area contributed by atoms with Gasteiger partial charge >= 0.3 is 0 Å². The molecule has 104 valence electrons. The Bertz CT molecular complexity index is 482. The van der Waals surface area contributed by atoms with E-state index in [9.17, 15) is 0 Å². The molecule has 0 aromatic heterocycles. The van der Waals surface area contributed by atoms with Crippen LogP contribution in [0.25, 0.3) is 0 Å². The molecular weight excluding hydrogens is 262 g/mol. The minimum Gasteiger partial charge on any atom is -0.454 e. The van der Waals surface area contributed by atoms with Crippen LogP contribution in [0, 0.1) is 0 Å². The molecular formula is C15H20ClNO2. The van der Waals surface area contributed by atoms with Crippen LogP contribution in [0.4, 0.5) is 0 Å². The highest BCUT2D eigenvalue weighted by Gasteiger charge is 2.27. The molecule has 2 heterocycles. The van der Waals surface area contributed by atoms with Crippen LogP contribution in [0.2, 0.25) is 5.02 Å². The van der Waals surface area contributed by atoms with E-state index in [4.69, 9.17) is 21.1 Å². The van der Waals surface area contributed by atoms with Crippen LogP contribution in [0.5, 0.6) is 11.5 Å². The lowest BCUT2D eigenvalue weighted by atomic mass is 9.91. The summed E-state index contributed by atoms with van der Waals surface area (Å²) in [5.41, 5.74) is 2.44. The fourth-order valence-electron chi connectivity index (χ4n) is 3.07. The molecule has 0 amide bonds. The first-order valence-corrected chi connectivity index (χ1v) is 7.39. The topological polar surface area (TPSA) is 30.5 Å². The number of ether oxygens (including phenoxy) is 2. The van der Waals surface area contributed by atoms with E-state index < -0.39 is 0 Å². The van der Waals surface area contributed by atoms with Crippen molar-refractivity contribution in [2.24, 2.45) is 0 Å². The van der Waals surface area contributed by atoms with Crippen molar-refractivity contribution in [3.05, 3.63) is 22.2 Å².